The van der Waals surface area contributed by atoms with Crippen LogP contribution in [0.4, 0.5) is 0 Å². The Hall–Kier alpha value is -2.30. The number of para-hydroxylation sites is 1. The van der Waals surface area contributed by atoms with Crippen LogP contribution in [0.5, 0.6) is 0 Å². The third-order valence-corrected chi connectivity index (χ3v) is 4.01. The highest BCUT2D eigenvalue weighted by Crippen LogP contribution is 2.26. The molecular weight excluding hydrogens is 282 g/mol. The molecule has 0 aliphatic carbocycles. The van der Waals surface area contributed by atoms with Crippen LogP contribution in [-0.4, -0.2) is 22.5 Å². The second kappa shape index (κ2) is 6.22. The van der Waals surface area contributed by atoms with E-state index in [1.807, 2.05) is 37.3 Å². The van der Waals surface area contributed by atoms with Gasteiger partial charge in [0.25, 0.3) is 0 Å². The van der Waals surface area contributed by atoms with E-state index in [2.05, 4.69) is 5.32 Å². The first-order valence-electron chi connectivity index (χ1n) is 7.37. The van der Waals surface area contributed by atoms with Gasteiger partial charge in [-0.05, 0) is 32.4 Å². The molecule has 0 bridgehead atoms. The van der Waals surface area contributed by atoms with Gasteiger partial charge < -0.3 is 14.8 Å². The molecule has 1 aromatic heterocycles. The van der Waals surface area contributed by atoms with Crippen LogP contribution in [0.25, 0.3) is 11.0 Å². The van der Waals surface area contributed by atoms with Crippen molar-refractivity contribution in [1.29, 1.82) is 0 Å². The summed E-state index contributed by atoms with van der Waals surface area (Å²) < 4.78 is 5.70. The lowest BCUT2D eigenvalue weighted by Gasteiger charge is -2.29. The van der Waals surface area contributed by atoms with Gasteiger partial charge in [-0.1, -0.05) is 25.1 Å². The summed E-state index contributed by atoms with van der Waals surface area (Å²) in [4.78, 5) is 23.4. The Morgan fingerprint density at radius 3 is 2.64 bits per heavy atom. The molecule has 0 spiro atoms. The summed E-state index contributed by atoms with van der Waals surface area (Å²) in [5, 5.41) is 12.8. The Labute approximate surface area is 129 Å². The minimum Gasteiger partial charge on any atom is -0.481 e. The Kier molecular flexibility index (Phi) is 4.54. The Morgan fingerprint density at radius 1 is 1.36 bits per heavy atom. The lowest BCUT2D eigenvalue weighted by molar-refractivity contribution is -0.139. The van der Waals surface area contributed by atoms with Gasteiger partial charge in [0.15, 0.2) is 0 Å². The summed E-state index contributed by atoms with van der Waals surface area (Å²) in [5.41, 5.74) is -0.0237. The van der Waals surface area contributed by atoms with Gasteiger partial charge >= 0.3 is 5.97 Å². The van der Waals surface area contributed by atoms with Crippen molar-refractivity contribution in [1.82, 2.24) is 5.32 Å². The predicted molar refractivity (Wildman–Crippen MR) is 83.7 cm³/mol. The maximum absolute atomic E-state index is 12.4. The van der Waals surface area contributed by atoms with Crippen LogP contribution in [-0.2, 0) is 9.59 Å². The fourth-order valence-electron chi connectivity index (χ4n) is 2.34. The van der Waals surface area contributed by atoms with Crippen LogP contribution >= 0.6 is 0 Å². The summed E-state index contributed by atoms with van der Waals surface area (Å²) in [7, 11) is 0. The minimum atomic E-state index is -0.930. The number of fused-ring (bicyclic) bond motifs is 1. The molecule has 1 heterocycles. The first kappa shape index (κ1) is 16.1. The third kappa shape index (κ3) is 3.47. The van der Waals surface area contributed by atoms with E-state index in [1.165, 1.54) is 0 Å². The van der Waals surface area contributed by atoms with Gasteiger partial charge in [-0.15, -0.1) is 0 Å². The largest absolute Gasteiger partial charge is 0.481 e. The molecule has 0 saturated carbocycles. The van der Waals surface area contributed by atoms with Crippen molar-refractivity contribution in [3.63, 3.8) is 0 Å². The van der Waals surface area contributed by atoms with E-state index in [-0.39, 0.29) is 12.3 Å². The summed E-state index contributed by atoms with van der Waals surface area (Å²) in [5.74, 6) is -1.06. The van der Waals surface area contributed by atoms with Crippen LogP contribution in [0.15, 0.2) is 34.7 Å². The molecular formula is C17H21NO4. The Balaban J connectivity index is 2.15. The third-order valence-electron chi connectivity index (χ3n) is 4.01. The second-order valence-corrected chi connectivity index (χ2v) is 5.88. The van der Waals surface area contributed by atoms with E-state index in [0.29, 0.717) is 12.2 Å². The first-order valence-corrected chi connectivity index (χ1v) is 7.37. The summed E-state index contributed by atoms with van der Waals surface area (Å²) in [6, 6.07) is 9.41. The molecule has 2 rings (SSSR count). The number of carboxylic acids is 1. The number of rotatable bonds is 6. The standard InChI is InChI=1S/C17H21NO4/c1-4-17(3,10-15(19)20)18-16(21)11(2)14-9-12-7-5-6-8-13(12)22-14/h5-9,11H,4,10H2,1-3H3,(H,18,21)(H,19,20)/t11-,17+/m0/s1. The molecule has 0 radical (unpaired) electrons. The lowest BCUT2D eigenvalue weighted by Crippen LogP contribution is -2.48. The molecule has 1 amide bonds. The molecule has 22 heavy (non-hydrogen) atoms. The quantitative estimate of drug-likeness (QED) is 0.858. The number of hydrogen-bond acceptors (Lipinski definition) is 3. The van der Waals surface area contributed by atoms with Crippen LogP contribution in [0.1, 0.15) is 45.3 Å². The van der Waals surface area contributed by atoms with Crippen molar-refractivity contribution in [3.8, 4) is 0 Å². The van der Waals surface area contributed by atoms with E-state index in [9.17, 15) is 9.59 Å². The van der Waals surface area contributed by atoms with Gasteiger partial charge in [-0.2, -0.15) is 0 Å². The van der Waals surface area contributed by atoms with Crippen LogP contribution in [0.2, 0.25) is 0 Å². The molecule has 0 fully saturated rings. The molecule has 0 aliphatic rings. The van der Waals surface area contributed by atoms with Gasteiger partial charge in [0.05, 0.1) is 12.3 Å². The van der Waals surface area contributed by atoms with Crippen molar-refractivity contribution in [2.75, 3.05) is 0 Å². The molecule has 5 nitrogen and oxygen atoms in total. The zero-order valence-corrected chi connectivity index (χ0v) is 13.1. The van der Waals surface area contributed by atoms with Gasteiger partial charge in [-0.25, -0.2) is 0 Å². The van der Waals surface area contributed by atoms with Crippen molar-refractivity contribution >= 4 is 22.8 Å². The topological polar surface area (TPSA) is 79.5 Å². The predicted octanol–water partition coefficient (Wildman–Crippen LogP) is 3.30. The normalized spacial score (nSPS) is 15.2. The van der Waals surface area contributed by atoms with E-state index < -0.39 is 17.4 Å². The Morgan fingerprint density at radius 2 is 2.05 bits per heavy atom. The molecule has 5 heteroatoms. The zero-order valence-electron chi connectivity index (χ0n) is 13.1. The van der Waals surface area contributed by atoms with Crippen molar-refractivity contribution in [2.24, 2.45) is 0 Å². The van der Waals surface area contributed by atoms with Crippen LogP contribution < -0.4 is 5.32 Å². The number of benzene rings is 1. The lowest BCUT2D eigenvalue weighted by atomic mass is 9.93. The first-order chi connectivity index (χ1) is 10.3. The highest BCUT2D eigenvalue weighted by atomic mass is 16.4. The second-order valence-electron chi connectivity index (χ2n) is 5.88. The number of hydrogen-bond donors (Lipinski definition) is 2. The number of carboxylic acid groups (broad SMARTS) is 1. The SMILES string of the molecule is CC[C@](C)(CC(=O)O)NC(=O)[C@@H](C)c1cc2ccccc2o1. The summed E-state index contributed by atoms with van der Waals surface area (Å²) in [6.45, 7) is 5.35. The number of furan rings is 1. The van der Waals surface area contributed by atoms with Gasteiger partial charge in [0, 0.05) is 10.9 Å². The highest BCUT2D eigenvalue weighted by molar-refractivity contribution is 5.86. The van der Waals surface area contributed by atoms with Crippen molar-refractivity contribution in [2.45, 2.75) is 45.1 Å². The smallest absolute Gasteiger partial charge is 0.305 e. The number of amides is 1. The molecule has 118 valence electrons. The average Bonchev–Trinajstić information content (AvgIpc) is 2.89. The van der Waals surface area contributed by atoms with Crippen molar-refractivity contribution < 1.29 is 19.1 Å². The van der Waals surface area contributed by atoms with E-state index >= 15 is 0 Å². The molecule has 2 atom stereocenters. The molecule has 2 N–H and O–H groups in total. The van der Waals surface area contributed by atoms with E-state index in [4.69, 9.17) is 9.52 Å². The average molecular weight is 303 g/mol. The maximum atomic E-state index is 12.4. The molecule has 0 aliphatic heterocycles. The van der Waals surface area contributed by atoms with E-state index in [0.717, 1.165) is 11.0 Å². The molecule has 2 aromatic rings. The van der Waals surface area contributed by atoms with Crippen LogP contribution in [0, 0.1) is 0 Å². The summed E-state index contributed by atoms with van der Waals surface area (Å²) in [6.07, 6.45) is 0.431. The number of nitrogens with one attached hydrogen (secondary N) is 1. The minimum absolute atomic E-state index is 0.109. The fraction of sp³-hybridized carbons (Fsp3) is 0.412. The number of carbonyl (C=O) groups excluding carboxylic acids is 1. The van der Waals surface area contributed by atoms with Gasteiger partial charge in [0.2, 0.25) is 5.91 Å². The monoisotopic (exact) mass is 303 g/mol. The highest BCUT2D eigenvalue weighted by Gasteiger charge is 2.30. The fourth-order valence-corrected chi connectivity index (χ4v) is 2.34. The Bertz CT molecular complexity index is 658. The summed E-state index contributed by atoms with van der Waals surface area (Å²) >= 11 is 0. The van der Waals surface area contributed by atoms with E-state index in [1.54, 1.807) is 13.8 Å². The van der Waals surface area contributed by atoms with Crippen LogP contribution in [0.3, 0.4) is 0 Å². The maximum Gasteiger partial charge on any atom is 0.305 e. The van der Waals surface area contributed by atoms with Gasteiger partial charge in [0.1, 0.15) is 11.3 Å². The van der Waals surface area contributed by atoms with Crippen molar-refractivity contribution in [3.05, 3.63) is 36.1 Å². The number of carbonyl (C=O) groups is 2. The number of aliphatic carboxylic acids is 1. The molecule has 0 saturated heterocycles. The molecule has 1 aromatic carbocycles. The molecule has 0 unspecified atom stereocenters. The zero-order chi connectivity index (χ0) is 16.3. The van der Waals surface area contributed by atoms with Gasteiger partial charge in [-0.3, -0.25) is 9.59 Å².